The average molecular weight is 404 g/mol. The van der Waals surface area contributed by atoms with Crippen LogP contribution >= 0.6 is 12.4 Å². The molecule has 1 aliphatic rings. The summed E-state index contributed by atoms with van der Waals surface area (Å²) in [5.41, 5.74) is 1.27. The molecule has 150 valence electrons. The summed E-state index contributed by atoms with van der Waals surface area (Å²) in [6.45, 7) is 2.99. The van der Waals surface area contributed by atoms with Crippen molar-refractivity contribution in [3.63, 3.8) is 0 Å². The van der Waals surface area contributed by atoms with Gasteiger partial charge in [-0.25, -0.2) is 0 Å². The number of amides is 2. The SMILES string of the molecule is COc1ccc(C(=O)NC(C(=O)N2CCCNCC2)c2ccccc2)cc1.Cl. The van der Waals surface area contributed by atoms with Crippen LogP contribution in [0.5, 0.6) is 5.75 Å². The Kier molecular flexibility index (Phi) is 8.29. The van der Waals surface area contributed by atoms with Crippen LogP contribution in [0.1, 0.15) is 28.4 Å². The van der Waals surface area contributed by atoms with Crippen LogP contribution < -0.4 is 15.4 Å². The lowest BCUT2D eigenvalue weighted by atomic mass is 10.0. The van der Waals surface area contributed by atoms with Crippen molar-refractivity contribution >= 4 is 24.2 Å². The van der Waals surface area contributed by atoms with Crippen LogP contribution in [0.3, 0.4) is 0 Å². The molecule has 7 heteroatoms. The van der Waals surface area contributed by atoms with Crippen molar-refractivity contribution in [3.05, 3.63) is 65.7 Å². The molecule has 1 saturated heterocycles. The van der Waals surface area contributed by atoms with Gasteiger partial charge in [-0.3, -0.25) is 9.59 Å². The lowest BCUT2D eigenvalue weighted by Gasteiger charge is -2.27. The molecule has 2 aromatic carbocycles. The number of rotatable bonds is 5. The number of ether oxygens (including phenoxy) is 1. The largest absolute Gasteiger partial charge is 0.497 e. The maximum Gasteiger partial charge on any atom is 0.252 e. The molecule has 2 aromatic rings. The molecule has 2 amide bonds. The summed E-state index contributed by atoms with van der Waals surface area (Å²) in [7, 11) is 1.58. The van der Waals surface area contributed by atoms with Gasteiger partial charge in [0.05, 0.1) is 7.11 Å². The molecule has 0 aromatic heterocycles. The zero-order valence-electron chi connectivity index (χ0n) is 15.9. The van der Waals surface area contributed by atoms with Gasteiger partial charge >= 0.3 is 0 Å². The van der Waals surface area contributed by atoms with E-state index in [4.69, 9.17) is 4.74 Å². The first-order valence-electron chi connectivity index (χ1n) is 9.18. The summed E-state index contributed by atoms with van der Waals surface area (Å²) in [5.74, 6) is 0.318. The van der Waals surface area contributed by atoms with E-state index in [2.05, 4.69) is 10.6 Å². The predicted molar refractivity (Wildman–Crippen MR) is 111 cm³/mol. The van der Waals surface area contributed by atoms with Crippen LogP contribution in [-0.4, -0.2) is 50.0 Å². The number of carbonyl (C=O) groups is 2. The van der Waals surface area contributed by atoms with Crippen molar-refractivity contribution in [2.75, 3.05) is 33.3 Å². The first-order valence-corrected chi connectivity index (χ1v) is 9.18. The van der Waals surface area contributed by atoms with Crippen molar-refractivity contribution in [2.45, 2.75) is 12.5 Å². The Labute approximate surface area is 171 Å². The number of nitrogens with one attached hydrogen (secondary N) is 2. The smallest absolute Gasteiger partial charge is 0.252 e. The number of methoxy groups -OCH3 is 1. The monoisotopic (exact) mass is 403 g/mol. The van der Waals surface area contributed by atoms with E-state index in [0.29, 0.717) is 24.4 Å². The molecule has 6 nitrogen and oxygen atoms in total. The molecule has 0 spiro atoms. The molecular weight excluding hydrogens is 378 g/mol. The van der Waals surface area contributed by atoms with Gasteiger partial charge in [0, 0.05) is 25.2 Å². The zero-order chi connectivity index (χ0) is 19.1. The van der Waals surface area contributed by atoms with Crippen LogP contribution in [0, 0.1) is 0 Å². The van der Waals surface area contributed by atoms with Crippen LogP contribution in [0.2, 0.25) is 0 Å². The molecule has 0 aliphatic carbocycles. The highest BCUT2D eigenvalue weighted by Crippen LogP contribution is 2.18. The van der Waals surface area contributed by atoms with E-state index in [1.807, 2.05) is 35.2 Å². The third-order valence-electron chi connectivity index (χ3n) is 4.66. The molecule has 28 heavy (non-hydrogen) atoms. The van der Waals surface area contributed by atoms with E-state index in [0.717, 1.165) is 25.1 Å². The minimum Gasteiger partial charge on any atom is -0.497 e. The fourth-order valence-corrected chi connectivity index (χ4v) is 3.14. The molecule has 0 radical (unpaired) electrons. The lowest BCUT2D eigenvalue weighted by Crippen LogP contribution is -2.44. The summed E-state index contributed by atoms with van der Waals surface area (Å²) >= 11 is 0. The maximum absolute atomic E-state index is 13.2. The Morgan fingerprint density at radius 2 is 1.75 bits per heavy atom. The third kappa shape index (κ3) is 5.47. The molecule has 3 rings (SSSR count). The average Bonchev–Trinajstić information content (AvgIpc) is 3.01. The van der Waals surface area contributed by atoms with Crippen molar-refractivity contribution in [3.8, 4) is 5.75 Å². The number of halogens is 1. The van der Waals surface area contributed by atoms with Crippen LogP contribution in [0.25, 0.3) is 0 Å². The summed E-state index contributed by atoms with van der Waals surface area (Å²) in [6.07, 6.45) is 0.902. The van der Waals surface area contributed by atoms with Gasteiger partial charge in [-0.1, -0.05) is 30.3 Å². The normalized spacial score (nSPS) is 15.0. The van der Waals surface area contributed by atoms with E-state index in [1.54, 1.807) is 31.4 Å². The second kappa shape index (κ2) is 10.7. The second-order valence-corrected chi connectivity index (χ2v) is 6.47. The van der Waals surface area contributed by atoms with Crippen LogP contribution in [0.4, 0.5) is 0 Å². The lowest BCUT2D eigenvalue weighted by molar-refractivity contribution is -0.133. The van der Waals surface area contributed by atoms with Gasteiger partial charge < -0.3 is 20.3 Å². The number of carbonyl (C=O) groups excluding carboxylic acids is 2. The van der Waals surface area contributed by atoms with Gasteiger partial charge in [-0.05, 0) is 42.8 Å². The highest BCUT2D eigenvalue weighted by molar-refractivity contribution is 5.98. The van der Waals surface area contributed by atoms with E-state index in [1.165, 1.54) is 0 Å². The summed E-state index contributed by atoms with van der Waals surface area (Å²) < 4.78 is 5.13. The molecule has 1 heterocycles. The van der Waals surface area contributed by atoms with E-state index < -0.39 is 6.04 Å². The van der Waals surface area contributed by atoms with Gasteiger partial charge in [0.1, 0.15) is 11.8 Å². The van der Waals surface area contributed by atoms with E-state index >= 15 is 0 Å². The quantitative estimate of drug-likeness (QED) is 0.804. The molecule has 0 bridgehead atoms. The third-order valence-corrected chi connectivity index (χ3v) is 4.66. The van der Waals surface area contributed by atoms with Crippen molar-refractivity contribution < 1.29 is 14.3 Å². The van der Waals surface area contributed by atoms with Crippen molar-refractivity contribution in [2.24, 2.45) is 0 Å². The van der Waals surface area contributed by atoms with Crippen LogP contribution in [-0.2, 0) is 4.79 Å². The minimum absolute atomic E-state index is 0. The standard InChI is InChI=1S/C21H25N3O3.ClH/c1-27-18-10-8-17(9-11-18)20(25)23-19(16-6-3-2-4-7-16)21(26)24-14-5-12-22-13-15-24;/h2-4,6-11,19,22H,5,12-15H2,1H3,(H,23,25);1H. The molecule has 1 aliphatic heterocycles. The first kappa shape index (κ1) is 21.7. The predicted octanol–water partition coefficient (Wildman–Crippen LogP) is 2.41. The number of nitrogens with zero attached hydrogens (tertiary/aromatic N) is 1. The number of hydrogen-bond acceptors (Lipinski definition) is 4. The van der Waals surface area contributed by atoms with Gasteiger partial charge in [0.15, 0.2) is 0 Å². The summed E-state index contributed by atoms with van der Waals surface area (Å²) in [5, 5.41) is 6.21. The van der Waals surface area contributed by atoms with Crippen molar-refractivity contribution in [1.29, 1.82) is 0 Å². The Hall–Kier alpha value is -2.57. The number of benzene rings is 2. The van der Waals surface area contributed by atoms with Crippen molar-refractivity contribution in [1.82, 2.24) is 15.5 Å². The maximum atomic E-state index is 13.2. The topological polar surface area (TPSA) is 70.7 Å². The Morgan fingerprint density at radius 1 is 1.04 bits per heavy atom. The van der Waals surface area contributed by atoms with Gasteiger partial charge in [0.2, 0.25) is 5.91 Å². The molecular formula is C21H26ClN3O3. The van der Waals surface area contributed by atoms with Gasteiger partial charge in [-0.15, -0.1) is 12.4 Å². The molecule has 1 unspecified atom stereocenters. The molecule has 1 fully saturated rings. The fourth-order valence-electron chi connectivity index (χ4n) is 3.14. The second-order valence-electron chi connectivity index (χ2n) is 6.47. The van der Waals surface area contributed by atoms with E-state index in [-0.39, 0.29) is 24.2 Å². The zero-order valence-corrected chi connectivity index (χ0v) is 16.7. The number of hydrogen-bond donors (Lipinski definition) is 2. The van der Waals surface area contributed by atoms with Crippen LogP contribution in [0.15, 0.2) is 54.6 Å². The molecule has 2 N–H and O–H groups in total. The summed E-state index contributed by atoms with van der Waals surface area (Å²) in [4.78, 5) is 27.8. The van der Waals surface area contributed by atoms with Gasteiger partial charge in [0.25, 0.3) is 5.91 Å². The first-order chi connectivity index (χ1) is 13.2. The Balaban J connectivity index is 0.00000280. The minimum atomic E-state index is -0.709. The fraction of sp³-hybridized carbons (Fsp3) is 0.333. The van der Waals surface area contributed by atoms with E-state index in [9.17, 15) is 9.59 Å². The Morgan fingerprint density at radius 3 is 2.43 bits per heavy atom. The Bertz CT molecular complexity index is 760. The summed E-state index contributed by atoms with van der Waals surface area (Å²) in [6, 6.07) is 15.5. The highest BCUT2D eigenvalue weighted by Gasteiger charge is 2.28. The highest BCUT2D eigenvalue weighted by atomic mass is 35.5. The molecule has 1 atom stereocenters. The van der Waals surface area contributed by atoms with Gasteiger partial charge in [-0.2, -0.15) is 0 Å². The molecule has 0 saturated carbocycles.